The molecule has 33 heavy (non-hydrogen) atoms. The molecule has 3 aliphatic heterocycles. The van der Waals surface area contributed by atoms with Gasteiger partial charge in [0.15, 0.2) is 0 Å². The van der Waals surface area contributed by atoms with E-state index in [2.05, 4.69) is 18.7 Å². The summed E-state index contributed by atoms with van der Waals surface area (Å²) in [6.45, 7) is 8.41. The lowest BCUT2D eigenvalue weighted by Gasteiger charge is -2.44. The summed E-state index contributed by atoms with van der Waals surface area (Å²) in [5.74, 6) is 0. The number of nitro groups is 1. The smallest absolute Gasteiger partial charge is 0.293 e. The largest absolute Gasteiger partial charge is 0.373 e. The number of hydrogen-bond acceptors (Lipinski definition) is 7. The predicted octanol–water partition coefficient (Wildman–Crippen LogP) is 3.24. The van der Waals surface area contributed by atoms with E-state index in [1.807, 2.05) is 4.90 Å². The summed E-state index contributed by atoms with van der Waals surface area (Å²) in [7, 11) is -3.73. The van der Waals surface area contributed by atoms with Crippen LogP contribution in [0.15, 0.2) is 23.1 Å². The van der Waals surface area contributed by atoms with Gasteiger partial charge in [-0.15, -0.1) is 0 Å². The van der Waals surface area contributed by atoms with Crippen molar-refractivity contribution in [2.24, 2.45) is 0 Å². The summed E-state index contributed by atoms with van der Waals surface area (Å²) in [6, 6.07) is 4.87. The molecule has 10 heteroatoms. The van der Waals surface area contributed by atoms with Crippen LogP contribution in [0.5, 0.6) is 0 Å². The van der Waals surface area contributed by atoms with Crippen LogP contribution in [-0.2, 0) is 14.8 Å². The number of piperidine rings is 1. The average Bonchev–Trinajstić information content (AvgIpc) is 3.08. The van der Waals surface area contributed by atoms with E-state index in [4.69, 9.17) is 4.74 Å². The molecule has 9 nitrogen and oxygen atoms in total. The van der Waals surface area contributed by atoms with Crippen LogP contribution in [0.4, 0.5) is 11.4 Å². The van der Waals surface area contributed by atoms with Gasteiger partial charge in [0.1, 0.15) is 5.69 Å². The van der Waals surface area contributed by atoms with E-state index >= 15 is 0 Å². The molecular weight excluding hydrogens is 444 g/mol. The number of ether oxygens (including phenoxy) is 1. The monoisotopic (exact) mass is 480 g/mol. The number of nitrogens with zero attached hydrogens (tertiary/aromatic N) is 4. The highest BCUT2D eigenvalue weighted by Gasteiger charge is 2.33. The van der Waals surface area contributed by atoms with Gasteiger partial charge in [-0.1, -0.05) is 12.8 Å². The molecule has 0 radical (unpaired) electrons. The summed E-state index contributed by atoms with van der Waals surface area (Å²) < 4.78 is 33.6. The minimum absolute atomic E-state index is 0.0195. The van der Waals surface area contributed by atoms with Gasteiger partial charge in [-0.05, 0) is 51.7 Å². The molecular formula is C23H36N4O5S. The molecule has 0 saturated carbocycles. The van der Waals surface area contributed by atoms with E-state index in [-0.39, 0.29) is 22.8 Å². The van der Waals surface area contributed by atoms with Crippen molar-refractivity contribution >= 4 is 21.4 Å². The summed E-state index contributed by atoms with van der Waals surface area (Å²) in [4.78, 5) is 16.0. The van der Waals surface area contributed by atoms with Crippen LogP contribution in [0.1, 0.15) is 52.4 Å². The zero-order chi connectivity index (χ0) is 23.6. The molecule has 0 aromatic heterocycles. The minimum atomic E-state index is -3.73. The number of morpholine rings is 1. The van der Waals surface area contributed by atoms with Crippen LogP contribution in [0, 0.1) is 10.1 Å². The Hall–Kier alpha value is -1.75. The van der Waals surface area contributed by atoms with E-state index in [1.165, 1.54) is 10.4 Å². The minimum Gasteiger partial charge on any atom is -0.373 e. The Morgan fingerprint density at radius 1 is 0.970 bits per heavy atom. The van der Waals surface area contributed by atoms with Crippen LogP contribution >= 0.6 is 0 Å². The van der Waals surface area contributed by atoms with Crippen LogP contribution in [0.3, 0.4) is 0 Å². The third kappa shape index (κ3) is 5.50. The highest BCUT2D eigenvalue weighted by Crippen LogP contribution is 2.34. The lowest BCUT2D eigenvalue weighted by atomic mass is 10.0. The highest BCUT2D eigenvalue weighted by atomic mass is 32.2. The lowest BCUT2D eigenvalue weighted by molar-refractivity contribution is -0.384. The summed E-state index contributed by atoms with van der Waals surface area (Å²) >= 11 is 0. The molecule has 3 heterocycles. The first-order valence-corrected chi connectivity index (χ1v) is 13.6. The van der Waals surface area contributed by atoms with Crippen molar-refractivity contribution in [1.82, 2.24) is 9.21 Å². The van der Waals surface area contributed by atoms with E-state index in [0.717, 1.165) is 51.6 Å². The van der Waals surface area contributed by atoms with Crippen LogP contribution in [0.2, 0.25) is 0 Å². The second kappa shape index (κ2) is 10.2. The molecule has 1 aromatic carbocycles. The SMILES string of the molecule is C[C@H]1CN(C2CCN(c3ccc(S(=O)(=O)N4CCCCCC4)cc3[N+](=O)[O-])CC2)C[C@H](C)O1. The Balaban J connectivity index is 1.49. The number of benzene rings is 1. The molecule has 0 amide bonds. The fraction of sp³-hybridized carbons (Fsp3) is 0.739. The average molecular weight is 481 g/mol. The third-order valence-corrected chi connectivity index (χ3v) is 9.01. The molecule has 0 bridgehead atoms. The van der Waals surface area contributed by atoms with E-state index in [9.17, 15) is 18.5 Å². The van der Waals surface area contributed by atoms with Crippen molar-refractivity contribution in [2.75, 3.05) is 44.2 Å². The maximum absolute atomic E-state index is 13.1. The van der Waals surface area contributed by atoms with Gasteiger partial charge < -0.3 is 9.64 Å². The van der Waals surface area contributed by atoms with Gasteiger partial charge in [0, 0.05) is 51.4 Å². The topological polar surface area (TPSA) is 96.2 Å². The second-order valence-corrected chi connectivity index (χ2v) is 11.6. The standard InChI is InChI=1S/C23H36N4O5S/c1-18-16-25(17-19(2)32-18)20-9-13-24(14-10-20)22-8-7-21(15-23(22)27(28)29)33(30,31)26-11-5-3-4-6-12-26/h7-8,15,18-20H,3-6,9-14,16-17H2,1-2H3/t18-,19-/m0/s1. The Morgan fingerprint density at radius 2 is 1.58 bits per heavy atom. The molecule has 4 rings (SSSR count). The maximum Gasteiger partial charge on any atom is 0.293 e. The van der Waals surface area contributed by atoms with Crippen LogP contribution in [-0.4, -0.2) is 80.1 Å². The zero-order valence-electron chi connectivity index (χ0n) is 19.7. The van der Waals surface area contributed by atoms with E-state index < -0.39 is 14.9 Å². The van der Waals surface area contributed by atoms with Crippen LogP contribution < -0.4 is 4.90 Å². The second-order valence-electron chi connectivity index (χ2n) is 9.66. The van der Waals surface area contributed by atoms with Gasteiger partial charge in [-0.2, -0.15) is 4.31 Å². The van der Waals surface area contributed by atoms with Gasteiger partial charge in [0.2, 0.25) is 10.0 Å². The summed E-state index contributed by atoms with van der Waals surface area (Å²) in [5.41, 5.74) is 0.384. The van der Waals surface area contributed by atoms with Crippen molar-refractivity contribution in [3.63, 3.8) is 0 Å². The van der Waals surface area contributed by atoms with E-state index in [0.29, 0.717) is 37.9 Å². The maximum atomic E-state index is 13.1. The predicted molar refractivity (Wildman–Crippen MR) is 127 cm³/mol. The van der Waals surface area contributed by atoms with Crippen molar-refractivity contribution in [3.05, 3.63) is 28.3 Å². The normalized spacial score (nSPS) is 26.8. The van der Waals surface area contributed by atoms with Gasteiger partial charge in [0.25, 0.3) is 5.69 Å². The molecule has 0 unspecified atom stereocenters. The van der Waals surface area contributed by atoms with Gasteiger partial charge in [-0.3, -0.25) is 15.0 Å². The lowest BCUT2D eigenvalue weighted by Crippen LogP contribution is -2.53. The fourth-order valence-electron chi connectivity index (χ4n) is 5.50. The molecule has 2 atom stereocenters. The zero-order valence-corrected chi connectivity index (χ0v) is 20.5. The number of sulfonamides is 1. The highest BCUT2D eigenvalue weighted by molar-refractivity contribution is 7.89. The Morgan fingerprint density at radius 3 is 2.15 bits per heavy atom. The van der Waals surface area contributed by atoms with Crippen LogP contribution in [0.25, 0.3) is 0 Å². The number of anilines is 1. The first kappa shape index (κ1) is 24.4. The van der Waals surface area contributed by atoms with E-state index in [1.54, 1.807) is 12.1 Å². The molecule has 3 saturated heterocycles. The van der Waals surface area contributed by atoms with Crippen molar-refractivity contribution in [2.45, 2.75) is 75.5 Å². The molecule has 3 aliphatic rings. The molecule has 0 spiro atoms. The van der Waals surface area contributed by atoms with Crippen molar-refractivity contribution in [1.29, 1.82) is 0 Å². The molecule has 3 fully saturated rings. The summed E-state index contributed by atoms with van der Waals surface area (Å²) in [5, 5.41) is 11.9. The molecule has 184 valence electrons. The Labute approximate surface area is 196 Å². The van der Waals surface area contributed by atoms with Gasteiger partial charge >= 0.3 is 0 Å². The fourth-order valence-corrected chi connectivity index (χ4v) is 7.03. The number of rotatable bonds is 5. The van der Waals surface area contributed by atoms with Crippen molar-refractivity contribution in [3.8, 4) is 0 Å². The Kier molecular flexibility index (Phi) is 7.57. The number of hydrogen-bond donors (Lipinski definition) is 0. The van der Waals surface area contributed by atoms with Gasteiger partial charge in [-0.25, -0.2) is 8.42 Å². The first-order valence-electron chi connectivity index (χ1n) is 12.2. The van der Waals surface area contributed by atoms with Crippen molar-refractivity contribution < 1.29 is 18.1 Å². The Bertz CT molecular complexity index is 930. The quantitative estimate of drug-likeness (QED) is 0.471. The summed E-state index contributed by atoms with van der Waals surface area (Å²) in [6.07, 6.45) is 5.96. The molecule has 1 aromatic rings. The molecule has 0 N–H and O–H groups in total. The number of nitro benzene ring substituents is 1. The van der Waals surface area contributed by atoms with Gasteiger partial charge in [0.05, 0.1) is 22.0 Å². The third-order valence-electron chi connectivity index (χ3n) is 7.12. The first-order chi connectivity index (χ1) is 15.8. The molecule has 0 aliphatic carbocycles.